The lowest BCUT2D eigenvalue weighted by Crippen LogP contribution is -2.22. The maximum absolute atomic E-state index is 3.61. The molecule has 0 fully saturated rings. The average molecular weight is 424 g/mol. The fourth-order valence-electron chi connectivity index (χ4n) is 5.26. The molecule has 0 aromatic heterocycles. The van der Waals surface area contributed by atoms with Gasteiger partial charge >= 0.3 is 0 Å². The molecule has 0 amide bonds. The lowest BCUT2D eigenvalue weighted by Gasteiger charge is -2.28. The number of rotatable bonds is 4. The minimum absolute atomic E-state index is 0.189. The first-order chi connectivity index (χ1) is 16.2. The number of benzene rings is 5. The molecule has 1 atom stereocenters. The van der Waals surface area contributed by atoms with E-state index in [0.29, 0.717) is 0 Å². The van der Waals surface area contributed by atoms with Crippen LogP contribution in [0.5, 0.6) is 0 Å². The molecular formula is C32H25N. The average Bonchev–Trinajstić information content (AvgIpc) is 3.15. The summed E-state index contributed by atoms with van der Waals surface area (Å²) in [4.78, 5) is 0. The Balaban J connectivity index is 1.52. The van der Waals surface area contributed by atoms with Crippen LogP contribution >= 0.6 is 0 Å². The predicted octanol–water partition coefficient (Wildman–Crippen LogP) is 8.43. The lowest BCUT2D eigenvalue weighted by molar-refractivity contribution is 0.714. The molecule has 5 aromatic rings. The van der Waals surface area contributed by atoms with Gasteiger partial charge in [-0.15, -0.1) is 0 Å². The van der Waals surface area contributed by atoms with Gasteiger partial charge in [0, 0.05) is 22.4 Å². The summed E-state index contributed by atoms with van der Waals surface area (Å²) < 4.78 is 0. The van der Waals surface area contributed by atoms with Crippen molar-refractivity contribution in [2.45, 2.75) is 12.3 Å². The summed E-state index contributed by atoms with van der Waals surface area (Å²) in [5.74, 6) is 0. The predicted molar refractivity (Wildman–Crippen MR) is 139 cm³/mol. The SMILES string of the molecule is CC1(c2ccccc2)c2ccccc2-c2ccc(-c3ccccc3Nc3ccccc3)cc21. The highest BCUT2D eigenvalue weighted by molar-refractivity contribution is 5.88. The van der Waals surface area contributed by atoms with E-state index in [1.54, 1.807) is 0 Å². The Bertz CT molecular complexity index is 1440. The van der Waals surface area contributed by atoms with E-state index < -0.39 is 0 Å². The van der Waals surface area contributed by atoms with Crippen LogP contribution in [0.15, 0.2) is 127 Å². The Morgan fingerprint density at radius 2 is 1.12 bits per heavy atom. The van der Waals surface area contributed by atoms with Crippen LogP contribution in [-0.2, 0) is 5.41 Å². The van der Waals surface area contributed by atoms with E-state index in [0.717, 1.165) is 11.4 Å². The Morgan fingerprint density at radius 3 is 1.91 bits per heavy atom. The molecule has 1 aliphatic carbocycles. The monoisotopic (exact) mass is 423 g/mol. The second-order valence-corrected chi connectivity index (χ2v) is 8.83. The van der Waals surface area contributed by atoms with Crippen LogP contribution in [0.25, 0.3) is 22.3 Å². The molecule has 1 aliphatic rings. The van der Waals surface area contributed by atoms with Crippen molar-refractivity contribution in [2.75, 3.05) is 5.32 Å². The number of nitrogens with one attached hydrogen (secondary N) is 1. The number of hydrogen-bond donors (Lipinski definition) is 1. The van der Waals surface area contributed by atoms with Crippen LogP contribution in [0.1, 0.15) is 23.6 Å². The molecule has 1 unspecified atom stereocenters. The zero-order valence-corrected chi connectivity index (χ0v) is 18.6. The van der Waals surface area contributed by atoms with Crippen LogP contribution in [0.3, 0.4) is 0 Å². The highest BCUT2D eigenvalue weighted by Crippen LogP contribution is 2.53. The standard InChI is InChI=1S/C32H25N/c1-32(24-12-4-2-5-13-24)29-18-10-8-17-27(29)28-21-20-23(22-30(28)32)26-16-9-11-19-31(26)33-25-14-6-3-7-15-25/h2-22,33H,1H3. The summed E-state index contributed by atoms with van der Waals surface area (Å²) >= 11 is 0. The van der Waals surface area contributed by atoms with E-state index in [-0.39, 0.29) is 5.41 Å². The van der Waals surface area contributed by atoms with Gasteiger partial charge in [-0.3, -0.25) is 0 Å². The van der Waals surface area contributed by atoms with Gasteiger partial charge in [0.2, 0.25) is 0 Å². The lowest BCUT2D eigenvalue weighted by atomic mass is 9.74. The maximum Gasteiger partial charge on any atom is 0.0463 e. The topological polar surface area (TPSA) is 12.0 Å². The summed E-state index contributed by atoms with van der Waals surface area (Å²) in [5.41, 5.74) is 11.2. The summed E-state index contributed by atoms with van der Waals surface area (Å²) in [6.45, 7) is 2.37. The van der Waals surface area contributed by atoms with Gasteiger partial charge < -0.3 is 5.32 Å². The van der Waals surface area contributed by atoms with E-state index in [9.17, 15) is 0 Å². The Labute approximate surface area is 195 Å². The summed E-state index contributed by atoms with van der Waals surface area (Å²) in [7, 11) is 0. The Kier molecular flexibility index (Phi) is 4.62. The van der Waals surface area contributed by atoms with Gasteiger partial charge in [0.05, 0.1) is 0 Å². The molecule has 0 spiro atoms. The molecule has 33 heavy (non-hydrogen) atoms. The molecule has 0 saturated carbocycles. The molecular weight excluding hydrogens is 398 g/mol. The van der Waals surface area contributed by atoms with Gasteiger partial charge in [-0.1, -0.05) is 103 Å². The largest absolute Gasteiger partial charge is 0.355 e. The first-order valence-electron chi connectivity index (χ1n) is 11.5. The highest BCUT2D eigenvalue weighted by atomic mass is 14.9. The van der Waals surface area contributed by atoms with Gasteiger partial charge in [-0.05, 0) is 64.6 Å². The van der Waals surface area contributed by atoms with Crippen molar-refractivity contribution >= 4 is 11.4 Å². The Morgan fingerprint density at radius 1 is 0.515 bits per heavy atom. The van der Waals surface area contributed by atoms with Crippen molar-refractivity contribution < 1.29 is 0 Å². The van der Waals surface area contributed by atoms with Gasteiger partial charge in [0.15, 0.2) is 0 Å². The zero-order chi connectivity index (χ0) is 22.3. The molecule has 1 nitrogen and oxygen atoms in total. The second kappa shape index (κ2) is 7.79. The number of anilines is 2. The fourth-order valence-corrected chi connectivity index (χ4v) is 5.26. The van der Waals surface area contributed by atoms with E-state index in [1.807, 2.05) is 6.07 Å². The zero-order valence-electron chi connectivity index (χ0n) is 18.6. The normalized spacial score (nSPS) is 16.2. The van der Waals surface area contributed by atoms with Crippen LogP contribution in [-0.4, -0.2) is 0 Å². The minimum Gasteiger partial charge on any atom is -0.355 e. The minimum atomic E-state index is -0.189. The van der Waals surface area contributed by atoms with Crippen molar-refractivity contribution in [3.05, 3.63) is 144 Å². The molecule has 1 N–H and O–H groups in total. The van der Waals surface area contributed by atoms with Crippen LogP contribution in [0.4, 0.5) is 11.4 Å². The van der Waals surface area contributed by atoms with Crippen molar-refractivity contribution in [1.82, 2.24) is 0 Å². The molecule has 0 saturated heterocycles. The van der Waals surface area contributed by atoms with Crippen LogP contribution < -0.4 is 5.32 Å². The molecule has 1 heteroatoms. The molecule has 5 aromatic carbocycles. The molecule has 6 rings (SSSR count). The van der Waals surface area contributed by atoms with Gasteiger partial charge in [-0.25, -0.2) is 0 Å². The molecule has 0 radical (unpaired) electrons. The van der Waals surface area contributed by atoms with Crippen LogP contribution in [0.2, 0.25) is 0 Å². The van der Waals surface area contributed by atoms with Crippen molar-refractivity contribution in [3.63, 3.8) is 0 Å². The molecule has 0 aliphatic heterocycles. The third kappa shape index (κ3) is 3.16. The Hall–Kier alpha value is -4.10. The van der Waals surface area contributed by atoms with E-state index in [2.05, 4.69) is 134 Å². The summed E-state index contributed by atoms with van der Waals surface area (Å²) in [5, 5.41) is 3.61. The van der Waals surface area contributed by atoms with Crippen molar-refractivity contribution in [2.24, 2.45) is 0 Å². The van der Waals surface area contributed by atoms with E-state index in [1.165, 1.54) is 38.9 Å². The number of para-hydroxylation sites is 2. The molecule has 0 heterocycles. The smallest absolute Gasteiger partial charge is 0.0463 e. The van der Waals surface area contributed by atoms with E-state index in [4.69, 9.17) is 0 Å². The third-order valence-corrected chi connectivity index (χ3v) is 6.96. The number of hydrogen-bond acceptors (Lipinski definition) is 1. The van der Waals surface area contributed by atoms with E-state index >= 15 is 0 Å². The maximum atomic E-state index is 3.61. The highest BCUT2D eigenvalue weighted by Gasteiger charge is 2.40. The van der Waals surface area contributed by atoms with Crippen molar-refractivity contribution in [1.29, 1.82) is 0 Å². The van der Waals surface area contributed by atoms with Crippen molar-refractivity contribution in [3.8, 4) is 22.3 Å². The van der Waals surface area contributed by atoms with Gasteiger partial charge in [0.1, 0.15) is 0 Å². The second-order valence-electron chi connectivity index (χ2n) is 8.83. The first-order valence-corrected chi connectivity index (χ1v) is 11.5. The number of fused-ring (bicyclic) bond motifs is 3. The first kappa shape index (κ1) is 19.6. The fraction of sp³-hybridized carbons (Fsp3) is 0.0625. The molecule has 0 bridgehead atoms. The quantitative estimate of drug-likeness (QED) is 0.306. The molecule has 158 valence electrons. The van der Waals surface area contributed by atoms with Gasteiger partial charge in [-0.2, -0.15) is 0 Å². The summed E-state index contributed by atoms with van der Waals surface area (Å²) in [6.07, 6.45) is 0. The van der Waals surface area contributed by atoms with Gasteiger partial charge in [0.25, 0.3) is 0 Å². The summed E-state index contributed by atoms with van der Waals surface area (Å²) in [6, 6.07) is 45.6. The van der Waals surface area contributed by atoms with Crippen LogP contribution in [0, 0.1) is 0 Å². The third-order valence-electron chi connectivity index (χ3n) is 6.96.